The first-order chi connectivity index (χ1) is 17.4. The van der Waals surface area contributed by atoms with E-state index < -0.39 is 5.97 Å². The molecule has 36 heavy (non-hydrogen) atoms. The number of carboxylic acid groups (broad SMARTS) is 1. The molecule has 4 rings (SSSR count). The van der Waals surface area contributed by atoms with Gasteiger partial charge in [0, 0.05) is 36.1 Å². The number of methoxy groups -OCH3 is 1. The molecule has 0 saturated carbocycles. The number of hydrogen-bond donors (Lipinski definition) is 1. The minimum absolute atomic E-state index is 0.0264. The van der Waals surface area contributed by atoms with Crippen molar-refractivity contribution in [1.29, 1.82) is 0 Å². The predicted octanol–water partition coefficient (Wildman–Crippen LogP) is 5.58. The fourth-order valence-electron chi connectivity index (χ4n) is 3.95. The number of benzene rings is 3. The first kappa shape index (κ1) is 25.7. The molecule has 0 amide bonds. The standard InChI is InChI=1S/C27H26Cl2N4O3/c1-36-24-12-6-21(7-13-24)18-33-25(26(27(34)35)30-31-33)14-15-32(16-19-2-8-22(28)9-3-19)17-20-4-10-23(29)11-5-20/h2-13H,14-18H2,1H3,(H,34,35). The third kappa shape index (κ3) is 6.85. The number of nitrogens with zero attached hydrogens (tertiary/aromatic N) is 4. The highest BCUT2D eigenvalue weighted by Crippen LogP contribution is 2.18. The van der Waals surface area contributed by atoms with Gasteiger partial charge in [0.1, 0.15) is 5.75 Å². The Balaban J connectivity index is 1.55. The van der Waals surface area contributed by atoms with Crippen LogP contribution in [0.25, 0.3) is 0 Å². The van der Waals surface area contributed by atoms with Gasteiger partial charge in [-0.05, 0) is 53.1 Å². The topological polar surface area (TPSA) is 80.5 Å². The van der Waals surface area contributed by atoms with E-state index in [1.54, 1.807) is 11.8 Å². The summed E-state index contributed by atoms with van der Waals surface area (Å²) < 4.78 is 6.88. The van der Waals surface area contributed by atoms with Crippen LogP contribution in [0.1, 0.15) is 32.9 Å². The van der Waals surface area contributed by atoms with Gasteiger partial charge in [-0.3, -0.25) is 4.90 Å². The molecule has 0 fully saturated rings. The predicted molar refractivity (Wildman–Crippen MR) is 140 cm³/mol. The van der Waals surface area contributed by atoms with Gasteiger partial charge in [0.2, 0.25) is 0 Å². The van der Waals surface area contributed by atoms with Crippen LogP contribution in [0.5, 0.6) is 5.75 Å². The fourth-order valence-corrected chi connectivity index (χ4v) is 4.20. The molecule has 4 aromatic rings. The normalized spacial score (nSPS) is 11.1. The van der Waals surface area contributed by atoms with Crippen molar-refractivity contribution in [2.45, 2.75) is 26.1 Å². The van der Waals surface area contributed by atoms with Crippen LogP contribution >= 0.6 is 23.2 Å². The zero-order valence-corrected chi connectivity index (χ0v) is 21.3. The van der Waals surface area contributed by atoms with Crippen LogP contribution in [0, 0.1) is 0 Å². The van der Waals surface area contributed by atoms with Crippen molar-refractivity contribution in [3.63, 3.8) is 0 Å². The second-order valence-corrected chi connectivity index (χ2v) is 9.28. The smallest absolute Gasteiger partial charge is 0.358 e. The molecule has 0 aliphatic rings. The van der Waals surface area contributed by atoms with E-state index in [0.717, 1.165) is 22.4 Å². The Kier molecular flexibility index (Phi) is 8.59. The lowest BCUT2D eigenvalue weighted by molar-refractivity contribution is 0.0688. The molecule has 0 radical (unpaired) electrons. The number of rotatable bonds is 11. The number of carbonyl (C=O) groups is 1. The highest BCUT2D eigenvalue weighted by Gasteiger charge is 2.20. The molecule has 1 heterocycles. The lowest BCUT2D eigenvalue weighted by Gasteiger charge is -2.23. The van der Waals surface area contributed by atoms with Crippen LogP contribution in [-0.4, -0.2) is 44.6 Å². The minimum Gasteiger partial charge on any atom is -0.497 e. The summed E-state index contributed by atoms with van der Waals surface area (Å²) in [6.07, 6.45) is 0.464. The molecule has 0 saturated heterocycles. The maximum Gasteiger partial charge on any atom is 0.358 e. The Morgan fingerprint density at radius 1 is 0.889 bits per heavy atom. The van der Waals surface area contributed by atoms with Crippen molar-refractivity contribution in [2.24, 2.45) is 0 Å². The number of hydrogen-bond acceptors (Lipinski definition) is 5. The minimum atomic E-state index is -1.09. The largest absolute Gasteiger partial charge is 0.497 e. The van der Waals surface area contributed by atoms with Crippen molar-refractivity contribution in [3.05, 3.63) is 111 Å². The maximum atomic E-state index is 11.9. The average molecular weight is 525 g/mol. The first-order valence-corrected chi connectivity index (χ1v) is 12.2. The molecule has 186 valence electrons. The van der Waals surface area contributed by atoms with Gasteiger partial charge >= 0.3 is 5.97 Å². The van der Waals surface area contributed by atoms with Gasteiger partial charge in [-0.25, -0.2) is 9.48 Å². The molecule has 1 aromatic heterocycles. The van der Waals surface area contributed by atoms with E-state index in [2.05, 4.69) is 15.2 Å². The maximum absolute atomic E-state index is 11.9. The van der Waals surface area contributed by atoms with Crippen LogP contribution in [0.15, 0.2) is 72.8 Å². The summed E-state index contributed by atoms with van der Waals surface area (Å²) in [6, 6.07) is 23.0. The highest BCUT2D eigenvalue weighted by molar-refractivity contribution is 6.30. The van der Waals surface area contributed by atoms with Gasteiger partial charge in [0.25, 0.3) is 0 Å². The van der Waals surface area contributed by atoms with Crippen molar-refractivity contribution in [3.8, 4) is 5.75 Å². The molecular weight excluding hydrogens is 499 g/mol. The lowest BCUT2D eigenvalue weighted by Crippen LogP contribution is -2.26. The van der Waals surface area contributed by atoms with Gasteiger partial charge in [0.05, 0.1) is 19.3 Å². The van der Waals surface area contributed by atoms with Crippen molar-refractivity contribution in [1.82, 2.24) is 19.9 Å². The molecule has 3 aromatic carbocycles. The summed E-state index contributed by atoms with van der Waals surface area (Å²) in [5, 5.41) is 19.2. The van der Waals surface area contributed by atoms with Crippen LogP contribution < -0.4 is 4.74 Å². The zero-order valence-electron chi connectivity index (χ0n) is 19.8. The van der Waals surface area contributed by atoms with Gasteiger partial charge in [0.15, 0.2) is 5.69 Å². The Morgan fingerprint density at radius 3 is 1.92 bits per heavy atom. The summed E-state index contributed by atoms with van der Waals surface area (Å²) in [5.41, 5.74) is 3.74. The molecular formula is C27H26Cl2N4O3. The molecule has 0 atom stereocenters. The van der Waals surface area contributed by atoms with Crippen LogP contribution in [0.4, 0.5) is 0 Å². The van der Waals surface area contributed by atoms with E-state index in [9.17, 15) is 9.90 Å². The van der Waals surface area contributed by atoms with Gasteiger partial charge in [-0.2, -0.15) is 0 Å². The number of aromatic carboxylic acids is 1. The summed E-state index contributed by atoms with van der Waals surface area (Å²) in [4.78, 5) is 14.1. The molecule has 0 spiro atoms. The quantitative estimate of drug-likeness (QED) is 0.275. The molecule has 1 N–H and O–H groups in total. The number of halogens is 2. The first-order valence-electron chi connectivity index (χ1n) is 11.4. The highest BCUT2D eigenvalue weighted by atomic mass is 35.5. The average Bonchev–Trinajstić information content (AvgIpc) is 3.28. The SMILES string of the molecule is COc1ccc(Cn2nnc(C(=O)O)c2CCN(Cc2ccc(Cl)cc2)Cc2ccc(Cl)cc2)cc1. The van der Waals surface area contributed by atoms with Gasteiger partial charge < -0.3 is 9.84 Å². The Bertz CT molecular complexity index is 1240. The van der Waals surface area contributed by atoms with E-state index in [1.165, 1.54) is 0 Å². The third-order valence-corrected chi connectivity index (χ3v) is 6.34. The van der Waals surface area contributed by atoms with E-state index in [-0.39, 0.29) is 5.69 Å². The van der Waals surface area contributed by atoms with Crippen LogP contribution in [0.3, 0.4) is 0 Å². The van der Waals surface area contributed by atoms with E-state index in [4.69, 9.17) is 27.9 Å². The summed E-state index contributed by atoms with van der Waals surface area (Å²) in [6.45, 7) is 2.35. The summed E-state index contributed by atoms with van der Waals surface area (Å²) in [7, 11) is 1.61. The van der Waals surface area contributed by atoms with Crippen LogP contribution in [0.2, 0.25) is 10.0 Å². The Labute approximate surface area is 219 Å². The molecule has 0 unspecified atom stereocenters. The van der Waals surface area contributed by atoms with Gasteiger partial charge in [-0.15, -0.1) is 5.10 Å². The third-order valence-electron chi connectivity index (χ3n) is 5.84. The second kappa shape index (κ2) is 12.0. The molecule has 0 aliphatic carbocycles. The van der Waals surface area contributed by atoms with E-state index in [0.29, 0.717) is 48.3 Å². The fraction of sp³-hybridized carbons (Fsp3) is 0.222. The molecule has 0 aliphatic heterocycles. The van der Waals surface area contributed by atoms with Crippen molar-refractivity contribution < 1.29 is 14.6 Å². The Morgan fingerprint density at radius 2 is 1.42 bits per heavy atom. The number of carboxylic acids is 1. The monoisotopic (exact) mass is 524 g/mol. The van der Waals surface area contributed by atoms with Crippen molar-refractivity contribution in [2.75, 3.05) is 13.7 Å². The van der Waals surface area contributed by atoms with E-state index in [1.807, 2.05) is 72.8 Å². The lowest BCUT2D eigenvalue weighted by atomic mass is 10.1. The molecule has 9 heteroatoms. The molecule has 0 bridgehead atoms. The second-order valence-electron chi connectivity index (χ2n) is 8.41. The number of aromatic nitrogens is 3. The summed E-state index contributed by atoms with van der Waals surface area (Å²) >= 11 is 12.1. The molecule has 7 nitrogen and oxygen atoms in total. The van der Waals surface area contributed by atoms with Crippen molar-refractivity contribution >= 4 is 29.2 Å². The zero-order chi connectivity index (χ0) is 25.5. The summed E-state index contributed by atoms with van der Waals surface area (Å²) in [5.74, 6) is -0.336. The Hall–Kier alpha value is -3.39. The van der Waals surface area contributed by atoms with Gasteiger partial charge in [-0.1, -0.05) is 64.8 Å². The van der Waals surface area contributed by atoms with E-state index >= 15 is 0 Å². The van der Waals surface area contributed by atoms with Crippen LogP contribution in [-0.2, 0) is 26.1 Å². The number of ether oxygens (including phenoxy) is 1.